The fourth-order valence-corrected chi connectivity index (χ4v) is 1.79. The molecular formula is C14H22N2O3. The smallest absolute Gasteiger partial charge is 0.321 e. The Labute approximate surface area is 114 Å². The molecule has 5 nitrogen and oxygen atoms in total. The van der Waals surface area contributed by atoms with E-state index in [1.165, 1.54) is 4.90 Å². The van der Waals surface area contributed by atoms with Gasteiger partial charge >= 0.3 is 6.03 Å². The number of nitrogens with one attached hydrogen (secondary N) is 1. The lowest BCUT2D eigenvalue weighted by molar-refractivity contribution is 0.0550. The predicted molar refractivity (Wildman–Crippen MR) is 75.1 cm³/mol. The van der Waals surface area contributed by atoms with E-state index in [9.17, 15) is 9.90 Å². The van der Waals surface area contributed by atoms with Crippen LogP contribution in [0.3, 0.4) is 0 Å². The van der Waals surface area contributed by atoms with E-state index in [1.807, 2.05) is 24.3 Å². The maximum absolute atomic E-state index is 12.0. The molecule has 0 radical (unpaired) electrons. The molecule has 2 amide bonds. The van der Waals surface area contributed by atoms with Crippen molar-refractivity contribution in [3.8, 4) is 0 Å². The van der Waals surface area contributed by atoms with Crippen LogP contribution < -0.4 is 5.32 Å². The number of aliphatic hydroxyl groups is 1. The number of carbonyl (C=O) groups is 1. The highest BCUT2D eigenvalue weighted by molar-refractivity contribution is 5.90. The molecule has 0 aliphatic heterocycles. The summed E-state index contributed by atoms with van der Waals surface area (Å²) in [6, 6.07) is 7.21. The highest BCUT2D eigenvalue weighted by Crippen LogP contribution is 2.16. The molecule has 0 saturated heterocycles. The summed E-state index contributed by atoms with van der Waals surface area (Å²) in [6.07, 6.45) is 0. The summed E-state index contributed by atoms with van der Waals surface area (Å²) in [5, 5.41) is 12.5. The number of anilines is 1. The predicted octanol–water partition coefficient (Wildman–Crippen LogP) is 2.07. The van der Waals surface area contributed by atoms with E-state index < -0.39 is 5.60 Å². The van der Waals surface area contributed by atoms with E-state index in [0.29, 0.717) is 6.61 Å². The van der Waals surface area contributed by atoms with Gasteiger partial charge in [-0.3, -0.25) is 0 Å². The van der Waals surface area contributed by atoms with Crippen LogP contribution in [0.5, 0.6) is 0 Å². The van der Waals surface area contributed by atoms with Crippen molar-refractivity contribution < 1.29 is 14.6 Å². The third kappa shape index (κ3) is 5.28. The summed E-state index contributed by atoms with van der Waals surface area (Å²) in [7, 11) is 3.26. The zero-order valence-corrected chi connectivity index (χ0v) is 11.9. The summed E-state index contributed by atoms with van der Waals surface area (Å²) in [6.45, 7) is 4.02. The van der Waals surface area contributed by atoms with Crippen molar-refractivity contribution in [2.24, 2.45) is 0 Å². The van der Waals surface area contributed by atoms with Gasteiger partial charge in [0.25, 0.3) is 0 Å². The first-order chi connectivity index (χ1) is 8.83. The van der Waals surface area contributed by atoms with Gasteiger partial charge in [-0.05, 0) is 19.9 Å². The number of nitrogens with zero attached hydrogens (tertiary/aromatic N) is 1. The lowest BCUT2D eigenvalue weighted by atomic mass is 10.1. The van der Waals surface area contributed by atoms with Crippen molar-refractivity contribution in [3.05, 3.63) is 29.8 Å². The van der Waals surface area contributed by atoms with Crippen LogP contribution in [0.25, 0.3) is 0 Å². The summed E-state index contributed by atoms with van der Waals surface area (Å²) in [5.41, 5.74) is 0.713. The molecule has 0 heterocycles. The number of urea groups is 1. The van der Waals surface area contributed by atoms with Crippen LogP contribution in [0.15, 0.2) is 24.3 Å². The topological polar surface area (TPSA) is 61.8 Å². The van der Waals surface area contributed by atoms with Gasteiger partial charge in [-0.25, -0.2) is 4.79 Å². The second-order valence-electron chi connectivity index (χ2n) is 5.19. The van der Waals surface area contributed by atoms with Crippen LogP contribution in [0.2, 0.25) is 0 Å². The van der Waals surface area contributed by atoms with Gasteiger partial charge in [-0.2, -0.15) is 0 Å². The minimum Gasteiger partial charge on any atom is -0.389 e. The van der Waals surface area contributed by atoms with E-state index >= 15 is 0 Å². The number of amides is 2. The summed E-state index contributed by atoms with van der Waals surface area (Å²) >= 11 is 0. The number of rotatable bonds is 5. The van der Waals surface area contributed by atoms with Gasteiger partial charge in [0.1, 0.15) is 0 Å². The zero-order chi connectivity index (χ0) is 14.5. The lowest BCUT2D eigenvalue weighted by Gasteiger charge is -2.26. The number of hydrogen-bond donors (Lipinski definition) is 2. The summed E-state index contributed by atoms with van der Waals surface area (Å²) in [5.74, 6) is 0. The second-order valence-corrected chi connectivity index (χ2v) is 5.19. The van der Waals surface area contributed by atoms with Crippen molar-refractivity contribution in [2.75, 3.05) is 26.0 Å². The molecule has 1 aromatic carbocycles. The highest BCUT2D eigenvalue weighted by Gasteiger charge is 2.19. The monoisotopic (exact) mass is 266 g/mol. The van der Waals surface area contributed by atoms with Gasteiger partial charge in [-0.1, -0.05) is 18.2 Å². The molecule has 0 fully saturated rings. The van der Waals surface area contributed by atoms with Gasteiger partial charge < -0.3 is 20.1 Å². The second kappa shape index (κ2) is 6.54. The summed E-state index contributed by atoms with van der Waals surface area (Å²) in [4.78, 5) is 13.5. The number of likely N-dealkylation sites (N-methyl/N-ethyl adjacent to an activating group) is 1. The average molecular weight is 266 g/mol. The Morgan fingerprint density at radius 1 is 1.42 bits per heavy atom. The zero-order valence-electron chi connectivity index (χ0n) is 11.9. The molecule has 0 bridgehead atoms. The number of para-hydroxylation sites is 1. The first-order valence-corrected chi connectivity index (χ1v) is 6.15. The molecule has 106 valence electrons. The van der Waals surface area contributed by atoms with Crippen molar-refractivity contribution in [2.45, 2.75) is 26.1 Å². The summed E-state index contributed by atoms with van der Waals surface area (Å²) < 4.78 is 5.09. The fraction of sp³-hybridized carbons (Fsp3) is 0.500. The van der Waals surface area contributed by atoms with Crippen LogP contribution in [-0.2, 0) is 11.3 Å². The van der Waals surface area contributed by atoms with E-state index in [0.717, 1.165) is 11.3 Å². The molecule has 1 rings (SSSR count). The molecule has 0 aliphatic carbocycles. The first-order valence-electron chi connectivity index (χ1n) is 6.15. The minimum absolute atomic E-state index is 0.255. The maximum atomic E-state index is 12.0. The molecule has 5 heteroatoms. The average Bonchev–Trinajstić information content (AvgIpc) is 2.29. The van der Waals surface area contributed by atoms with E-state index in [2.05, 4.69) is 5.32 Å². The molecule has 1 aromatic rings. The SMILES string of the molecule is COCc1ccccc1NC(=O)N(C)CC(C)(C)O. The molecule has 0 atom stereocenters. The third-order valence-electron chi connectivity index (χ3n) is 2.53. The van der Waals surface area contributed by atoms with Crippen LogP contribution in [0, 0.1) is 0 Å². The van der Waals surface area contributed by atoms with Gasteiger partial charge in [-0.15, -0.1) is 0 Å². The van der Waals surface area contributed by atoms with Gasteiger partial charge in [0.05, 0.1) is 18.8 Å². The van der Waals surface area contributed by atoms with Crippen molar-refractivity contribution in [3.63, 3.8) is 0 Å². The number of methoxy groups -OCH3 is 1. The van der Waals surface area contributed by atoms with Crippen molar-refractivity contribution in [1.29, 1.82) is 0 Å². The Kier molecular flexibility index (Phi) is 5.32. The number of hydrogen-bond acceptors (Lipinski definition) is 3. The van der Waals surface area contributed by atoms with Gasteiger partial charge in [0, 0.05) is 25.4 Å². The van der Waals surface area contributed by atoms with Crippen LogP contribution in [0.1, 0.15) is 19.4 Å². The molecule has 0 aliphatic rings. The largest absolute Gasteiger partial charge is 0.389 e. The Morgan fingerprint density at radius 3 is 2.63 bits per heavy atom. The Bertz CT molecular complexity index is 427. The number of ether oxygens (including phenoxy) is 1. The molecule has 0 unspecified atom stereocenters. The quantitative estimate of drug-likeness (QED) is 0.857. The fourth-order valence-electron chi connectivity index (χ4n) is 1.79. The molecule has 2 N–H and O–H groups in total. The van der Waals surface area contributed by atoms with E-state index in [-0.39, 0.29) is 12.6 Å². The molecule has 0 saturated carbocycles. The van der Waals surface area contributed by atoms with Gasteiger partial charge in [0.15, 0.2) is 0 Å². The maximum Gasteiger partial charge on any atom is 0.321 e. The van der Waals surface area contributed by atoms with Crippen LogP contribution in [0.4, 0.5) is 10.5 Å². The lowest BCUT2D eigenvalue weighted by Crippen LogP contribution is -2.41. The molecule has 19 heavy (non-hydrogen) atoms. The van der Waals surface area contributed by atoms with Crippen LogP contribution in [-0.4, -0.2) is 42.3 Å². The third-order valence-corrected chi connectivity index (χ3v) is 2.53. The van der Waals surface area contributed by atoms with Crippen LogP contribution >= 0.6 is 0 Å². The Balaban J connectivity index is 2.71. The highest BCUT2D eigenvalue weighted by atomic mass is 16.5. The normalized spacial score (nSPS) is 11.2. The molecular weight excluding hydrogens is 244 g/mol. The molecule has 0 aromatic heterocycles. The Morgan fingerprint density at radius 2 is 2.05 bits per heavy atom. The molecule has 0 spiro atoms. The first kappa shape index (κ1) is 15.5. The number of carbonyl (C=O) groups excluding carboxylic acids is 1. The standard InChI is InChI=1S/C14H22N2O3/c1-14(2,18)10-16(3)13(17)15-12-8-6-5-7-11(12)9-19-4/h5-8,18H,9-10H2,1-4H3,(H,15,17). The Hall–Kier alpha value is -1.59. The minimum atomic E-state index is -0.919. The van der Waals surface area contributed by atoms with Gasteiger partial charge in [0.2, 0.25) is 0 Å². The van der Waals surface area contributed by atoms with Crippen molar-refractivity contribution in [1.82, 2.24) is 4.90 Å². The van der Waals surface area contributed by atoms with E-state index in [4.69, 9.17) is 4.74 Å². The number of benzene rings is 1. The van der Waals surface area contributed by atoms with Crippen molar-refractivity contribution >= 4 is 11.7 Å². The van der Waals surface area contributed by atoms with E-state index in [1.54, 1.807) is 28.0 Å².